The van der Waals surface area contributed by atoms with E-state index in [1.165, 1.54) is 32.8 Å². The van der Waals surface area contributed by atoms with Crippen LogP contribution in [-0.4, -0.2) is 20.2 Å². The quantitative estimate of drug-likeness (QED) is 0.239. The molecule has 7 aromatic rings. The maximum absolute atomic E-state index is 6.71. The van der Waals surface area contributed by atoms with Gasteiger partial charge in [-0.25, -0.2) is 5.43 Å². The number of fused-ring (bicyclic) bond motifs is 10. The highest BCUT2D eigenvalue weighted by Gasteiger charge is 2.34. The van der Waals surface area contributed by atoms with Crippen LogP contribution in [0.3, 0.4) is 0 Å². The molecule has 0 radical (unpaired) electrons. The van der Waals surface area contributed by atoms with E-state index in [0.717, 1.165) is 44.7 Å². The van der Waals surface area contributed by atoms with Crippen molar-refractivity contribution in [1.29, 1.82) is 0 Å². The Kier molecular flexibility index (Phi) is 4.24. The van der Waals surface area contributed by atoms with Crippen LogP contribution in [0.1, 0.15) is 0 Å². The number of nitrogens with zero attached hydrogens (tertiary/aromatic N) is 3. The molecule has 1 unspecified atom stereocenters. The minimum absolute atomic E-state index is 0.139. The van der Waals surface area contributed by atoms with Gasteiger partial charge in [0.15, 0.2) is 0 Å². The van der Waals surface area contributed by atoms with Crippen molar-refractivity contribution in [2.24, 2.45) is 0 Å². The molecule has 1 N–H and O–H groups in total. The number of nitrogens with one attached hydrogen (secondary N) is 1. The van der Waals surface area contributed by atoms with E-state index in [0.29, 0.717) is 0 Å². The Morgan fingerprint density at radius 3 is 2.38 bits per heavy atom. The summed E-state index contributed by atoms with van der Waals surface area (Å²) in [7, 11) is 0. The molecule has 0 saturated heterocycles. The molecular weight excluding hydrogens is 516 g/mol. The van der Waals surface area contributed by atoms with E-state index >= 15 is 0 Å². The van der Waals surface area contributed by atoms with E-state index in [2.05, 4.69) is 147 Å². The van der Waals surface area contributed by atoms with Crippen LogP contribution in [0.15, 0.2) is 149 Å². The molecule has 3 aliphatic rings. The summed E-state index contributed by atoms with van der Waals surface area (Å²) >= 11 is 0. The Morgan fingerprint density at radius 1 is 0.667 bits per heavy atom. The second kappa shape index (κ2) is 8.03. The van der Waals surface area contributed by atoms with Gasteiger partial charge in [0.25, 0.3) is 0 Å². The van der Waals surface area contributed by atoms with Gasteiger partial charge >= 0.3 is 0 Å². The molecule has 0 bridgehead atoms. The highest BCUT2D eigenvalue weighted by Crippen LogP contribution is 2.45. The molecule has 10 rings (SSSR count). The van der Waals surface area contributed by atoms with E-state index in [9.17, 15) is 0 Å². The summed E-state index contributed by atoms with van der Waals surface area (Å²) in [5.41, 5.74) is 13.5. The van der Waals surface area contributed by atoms with E-state index in [1.54, 1.807) is 0 Å². The van der Waals surface area contributed by atoms with Crippen molar-refractivity contribution in [1.82, 2.24) is 19.6 Å². The first-order valence-electron chi connectivity index (χ1n) is 14.3. The van der Waals surface area contributed by atoms with E-state index in [1.807, 2.05) is 6.07 Å². The topological polar surface area (TPSA) is 38.3 Å². The lowest BCUT2D eigenvalue weighted by molar-refractivity contribution is 0.371. The van der Waals surface area contributed by atoms with Crippen molar-refractivity contribution in [3.8, 4) is 5.69 Å². The van der Waals surface area contributed by atoms with Crippen LogP contribution in [0.4, 0.5) is 0 Å². The second-order valence-electron chi connectivity index (χ2n) is 11.1. The molecule has 5 nitrogen and oxygen atoms in total. The van der Waals surface area contributed by atoms with Gasteiger partial charge in [-0.1, -0.05) is 78.9 Å². The van der Waals surface area contributed by atoms with Gasteiger partial charge in [-0.2, -0.15) is 0 Å². The molecule has 0 amide bonds. The number of hydrazine groups is 1. The van der Waals surface area contributed by atoms with Crippen LogP contribution < -0.4 is 5.43 Å². The summed E-state index contributed by atoms with van der Waals surface area (Å²) in [5.74, 6) is 0. The number of furan rings is 1. The second-order valence-corrected chi connectivity index (χ2v) is 11.1. The molecular formula is C37H24N4O. The summed E-state index contributed by atoms with van der Waals surface area (Å²) in [6.45, 7) is 0. The lowest BCUT2D eigenvalue weighted by Crippen LogP contribution is -2.34. The van der Waals surface area contributed by atoms with Gasteiger partial charge in [-0.05, 0) is 48.6 Å². The molecule has 42 heavy (non-hydrogen) atoms. The zero-order valence-electron chi connectivity index (χ0n) is 22.5. The molecule has 0 saturated carbocycles. The first-order valence-corrected chi connectivity index (χ1v) is 14.3. The van der Waals surface area contributed by atoms with Crippen molar-refractivity contribution in [3.05, 3.63) is 145 Å². The smallest absolute Gasteiger partial charge is 0.213 e. The minimum Gasteiger partial charge on any atom is -0.439 e. The fourth-order valence-electron chi connectivity index (χ4n) is 7.15. The maximum atomic E-state index is 6.71. The molecule has 3 aromatic heterocycles. The van der Waals surface area contributed by atoms with Gasteiger partial charge in [0.05, 0.1) is 39.4 Å². The molecule has 0 spiro atoms. The third kappa shape index (κ3) is 2.80. The fourth-order valence-corrected chi connectivity index (χ4v) is 7.15. The number of hydrogen-bond acceptors (Lipinski definition) is 3. The van der Waals surface area contributed by atoms with Gasteiger partial charge < -0.3 is 8.98 Å². The highest BCUT2D eigenvalue weighted by atomic mass is 16.3. The Hall–Kier alpha value is -5.52. The van der Waals surface area contributed by atoms with Crippen molar-refractivity contribution < 1.29 is 4.42 Å². The monoisotopic (exact) mass is 540 g/mol. The number of aromatic nitrogens is 2. The van der Waals surface area contributed by atoms with Crippen molar-refractivity contribution >= 4 is 60.5 Å². The van der Waals surface area contributed by atoms with Crippen LogP contribution >= 0.6 is 0 Å². The highest BCUT2D eigenvalue weighted by molar-refractivity contribution is 6.24. The van der Waals surface area contributed by atoms with Gasteiger partial charge in [0.2, 0.25) is 5.71 Å². The maximum Gasteiger partial charge on any atom is 0.213 e. The van der Waals surface area contributed by atoms with Gasteiger partial charge in [-0.15, -0.1) is 0 Å². The van der Waals surface area contributed by atoms with Gasteiger partial charge in [0.1, 0.15) is 5.58 Å². The number of hydrogen-bond donors (Lipinski definition) is 1. The first-order chi connectivity index (χ1) is 20.8. The molecule has 4 aromatic carbocycles. The van der Waals surface area contributed by atoms with Crippen LogP contribution in [0.25, 0.3) is 66.2 Å². The number of para-hydroxylation sites is 3. The van der Waals surface area contributed by atoms with Crippen molar-refractivity contribution in [3.63, 3.8) is 0 Å². The normalized spacial score (nSPS) is 17.9. The summed E-state index contributed by atoms with van der Waals surface area (Å²) in [6, 6.07) is 32.6. The Labute approximate surface area is 240 Å². The number of allylic oxidation sites excluding steroid dienone is 5. The summed E-state index contributed by atoms with van der Waals surface area (Å²) in [6.07, 6.45) is 15.1. The predicted molar refractivity (Wildman–Crippen MR) is 171 cm³/mol. The molecule has 1 atom stereocenters. The Bertz CT molecular complexity index is 2440. The van der Waals surface area contributed by atoms with Crippen LogP contribution in [0, 0.1) is 0 Å². The SMILES string of the molecule is C1=CC2=C3C(n4c5cc6c7ccccc7n(-c7ccccc7)c6cc5c5c6ccccc6oc54)=CC=CN3NC2C=C1. The molecule has 198 valence electrons. The average Bonchev–Trinajstić information content (AvgIpc) is 3.77. The van der Waals surface area contributed by atoms with E-state index < -0.39 is 0 Å². The van der Waals surface area contributed by atoms with Crippen molar-refractivity contribution in [2.75, 3.05) is 0 Å². The fraction of sp³-hybridized carbons (Fsp3) is 0.0270. The van der Waals surface area contributed by atoms with Crippen LogP contribution in [0.2, 0.25) is 0 Å². The summed E-state index contributed by atoms with van der Waals surface area (Å²) in [5, 5.41) is 8.05. The van der Waals surface area contributed by atoms with Crippen molar-refractivity contribution in [2.45, 2.75) is 6.04 Å². The Morgan fingerprint density at radius 2 is 1.45 bits per heavy atom. The third-order valence-corrected chi connectivity index (χ3v) is 8.89. The largest absolute Gasteiger partial charge is 0.439 e. The minimum atomic E-state index is 0.139. The molecule has 5 heterocycles. The predicted octanol–water partition coefficient (Wildman–Crippen LogP) is 8.57. The molecule has 5 heteroatoms. The summed E-state index contributed by atoms with van der Waals surface area (Å²) < 4.78 is 11.4. The average molecular weight is 541 g/mol. The van der Waals surface area contributed by atoms with Crippen LogP contribution in [0.5, 0.6) is 0 Å². The standard InChI is InChI=1S/C37H24N4O/c1-2-11-23(12-3-1)40-30-17-8-5-13-24(30)27-21-33-28(22-32(27)40)35-26-15-6-9-19-34(26)42-37(35)41(33)31-18-10-20-39-36(31)25-14-4-7-16-29(25)38-39/h1-22,29,38H. The Balaban J connectivity index is 1.38. The van der Waals surface area contributed by atoms with Gasteiger partial charge in [0, 0.05) is 39.0 Å². The lowest BCUT2D eigenvalue weighted by Gasteiger charge is -2.24. The van der Waals surface area contributed by atoms with E-state index in [-0.39, 0.29) is 6.04 Å². The van der Waals surface area contributed by atoms with E-state index in [4.69, 9.17) is 4.42 Å². The van der Waals surface area contributed by atoms with Crippen LogP contribution in [-0.2, 0) is 0 Å². The van der Waals surface area contributed by atoms with Gasteiger partial charge in [-0.3, -0.25) is 9.58 Å². The third-order valence-electron chi connectivity index (χ3n) is 8.89. The lowest BCUT2D eigenvalue weighted by atomic mass is 10.00. The first kappa shape index (κ1) is 22.2. The summed E-state index contributed by atoms with van der Waals surface area (Å²) in [4.78, 5) is 0. The zero-order valence-corrected chi connectivity index (χ0v) is 22.5. The molecule has 1 aliphatic carbocycles. The molecule has 2 aliphatic heterocycles. The number of rotatable bonds is 2. The number of benzene rings is 4. The molecule has 0 fully saturated rings. The zero-order chi connectivity index (χ0) is 27.4.